The van der Waals surface area contributed by atoms with E-state index in [0.717, 1.165) is 16.5 Å². The fraction of sp³-hybridized carbons (Fsp3) is 0.323. The van der Waals surface area contributed by atoms with E-state index in [0.29, 0.717) is 32.7 Å². The van der Waals surface area contributed by atoms with Crippen molar-refractivity contribution in [2.24, 2.45) is 7.05 Å². The van der Waals surface area contributed by atoms with Crippen molar-refractivity contribution in [2.75, 3.05) is 19.8 Å². The van der Waals surface area contributed by atoms with Crippen LogP contribution in [-0.2, 0) is 22.1 Å². The number of hydrogen-bond acceptors (Lipinski definition) is 4. The zero-order valence-corrected chi connectivity index (χ0v) is 20.8. The first-order chi connectivity index (χ1) is 18.0. The molecule has 6 nitrogen and oxygen atoms in total. The molecule has 2 aliphatic heterocycles. The fourth-order valence-corrected chi connectivity index (χ4v) is 6.75. The van der Waals surface area contributed by atoms with Crippen molar-refractivity contribution in [1.29, 1.82) is 0 Å². The molecule has 1 amide bonds. The molecule has 2 atom stereocenters. The first-order valence-electron chi connectivity index (χ1n) is 13.0. The van der Waals surface area contributed by atoms with Crippen LogP contribution >= 0.6 is 0 Å². The number of carbonyl (C=O) groups is 1. The molecular formula is C31H30N2O4. The Bertz CT molecular complexity index is 1450. The normalized spacial score (nSPS) is 24.6. The minimum absolute atomic E-state index is 0.0202. The number of piperidine rings is 1. The summed E-state index contributed by atoms with van der Waals surface area (Å²) in [5.41, 5.74) is 5.84. The van der Waals surface area contributed by atoms with Crippen LogP contribution in [0.2, 0.25) is 0 Å². The molecule has 2 saturated heterocycles. The summed E-state index contributed by atoms with van der Waals surface area (Å²) in [6, 6.07) is 24.5. The number of ether oxygens (including phenoxy) is 2. The van der Waals surface area contributed by atoms with Gasteiger partial charge in [-0.15, -0.1) is 0 Å². The Balaban J connectivity index is 1.11. The average molecular weight is 495 g/mol. The Morgan fingerprint density at radius 2 is 1.62 bits per heavy atom. The Hall–Kier alpha value is -3.61. The lowest BCUT2D eigenvalue weighted by Gasteiger charge is -2.51. The smallest absolute Gasteiger partial charge is 0.410 e. The van der Waals surface area contributed by atoms with Gasteiger partial charge in [-0.1, -0.05) is 54.6 Å². The van der Waals surface area contributed by atoms with Gasteiger partial charge in [-0.2, -0.15) is 0 Å². The molecule has 3 aliphatic rings. The highest BCUT2D eigenvalue weighted by molar-refractivity contribution is 5.81. The molecule has 0 radical (unpaired) electrons. The minimum atomic E-state index is -1.01. The molecule has 2 bridgehead atoms. The first kappa shape index (κ1) is 22.6. The lowest BCUT2D eigenvalue weighted by molar-refractivity contribution is -0.136. The summed E-state index contributed by atoms with van der Waals surface area (Å²) in [5.74, 6) is 0.0202. The van der Waals surface area contributed by atoms with E-state index in [4.69, 9.17) is 9.47 Å². The van der Waals surface area contributed by atoms with E-state index in [-0.39, 0.29) is 24.1 Å². The van der Waals surface area contributed by atoms with E-state index in [9.17, 15) is 9.90 Å². The number of carbonyl (C=O) groups excluding carboxylic acids is 1. The van der Waals surface area contributed by atoms with E-state index in [2.05, 4.69) is 59.2 Å². The van der Waals surface area contributed by atoms with Gasteiger partial charge in [0, 0.05) is 37.5 Å². The third-order valence-electron chi connectivity index (χ3n) is 8.52. The lowest BCUT2D eigenvalue weighted by atomic mass is 9.77. The molecular weight excluding hydrogens is 464 g/mol. The van der Waals surface area contributed by atoms with Crippen LogP contribution in [0, 0.1) is 0 Å². The maximum atomic E-state index is 13.5. The highest BCUT2D eigenvalue weighted by Gasteiger charge is 2.49. The standard InChI is InChI=1S/C31H30N2O4/c1-32-13-12-20-14-21(10-11-29(20)32)31(35)15-22-17-36-18-23(16-31)33(22)30(34)37-19-28-26-8-4-2-6-24(26)25-7-3-5-9-27(25)28/h2-14,22-23,28,35H,15-19H2,1H3. The van der Waals surface area contributed by atoms with Crippen LogP contribution in [0.1, 0.15) is 35.4 Å². The molecule has 1 N–H and O–H groups in total. The molecule has 4 aromatic rings. The summed E-state index contributed by atoms with van der Waals surface area (Å²) in [5, 5.41) is 12.9. The first-order valence-corrected chi connectivity index (χ1v) is 13.0. The monoisotopic (exact) mass is 494 g/mol. The second-order valence-corrected chi connectivity index (χ2v) is 10.7. The lowest BCUT2D eigenvalue weighted by Crippen LogP contribution is -2.62. The van der Waals surface area contributed by atoms with Gasteiger partial charge in [0.1, 0.15) is 6.61 Å². The third kappa shape index (κ3) is 3.58. The van der Waals surface area contributed by atoms with Crippen molar-refractivity contribution in [3.63, 3.8) is 0 Å². The van der Waals surface area contributed by atoms with Gasteiger partial charge in [-0.3, -0.25) is 4.90 Å². The zero-order valence-electron chi connectivity index (χ0n) is 20.8. The summed E-state index contributed by atoms with van der Waals surface area (Å²) in [4.78, 5) is 15.3. The van der Waals surface area contributed by atoms with E-state index in [1.54, 1.807) is 0 Å². The van der Waals surface area contributed by atoms with Gasteiger partial charge < -0.3 is 19.1 Å². The Kier molecular flexibility index (Phi) is 5.17. The van der Waals surface area contributed by atoms with Crippen molar-refractivity contribution in [3.05, 3.63) is 95.7 Å². The Morgan fingerprint density at radius 1 is 0.973 bits per heavy atom. The fourth-order valence-electron chi connectivity index (χ4n) is 6.75. The summed E-state index contributed by atoms with van der Waals surface area (Å²) in [7, 11) is 2.02. The number of benzene rings is 3. The average Bonchev–Trinajstić information content (AvgIpc) is 3.44. The second-order valence-electron chi connectivity index (χ2n) is 10.7. The molecule has 1 aliphatic carbocycles. The predicted octanol–water partition coefficient (Wildman–Crippen LogP) is 5.18. The second kappa shape index (κ2) is 8.47. The molecule has 3 heterocycles. The number of amides is 1. The van der Waals surface area contributed by atoms with Gasteiger partial charge in [-0.25, -0.2) is 4.79 Å². The number of aryl methyl sites for hydroxylation is 1. The van der Waals surface area contributed by atoms with Crippen LogP contribution < -0.4 is 0 Å². The van der Waals surface area contributed by atoms with Crippen LogP contribution in [0.3, 0.4) is 0 Å². The molecule has 6 heteroatoms. The molecule has 0 saturated carbocycles. The van der Waals surface area contributed by atoms with Crippen LogP contribution in [0.15, 0.2) is 79.0 Å². The van der Waals surface area contributed by atoms with Crippen molar-refractivity contribution < 1.29 is 19.4 Å². The molecule has 2 unspecified atom stereocenters. The largest absolute Gasteiger partial charge is 0.448 e. The quantitative estimate of drug-likeness (QED) is 0.426. The Morgan fingerprint density at radius 3 is 2.30 bits per heavy atom. The van der Waals surface area contributed by atoms with E-state index in [1.807, 2.05) is 36.3 Å². The highest BCUT2D eigenvalue weighted by Crippen LogP contribution is 2.45. The van der Waals surface area contributed by atoms with E-state index < -0.39 is 5.60 Å². The number of aromatic nitrogens is 1. The number of aliphatic hydroxyl groups is 1. The van der Waals surface area contributed by atoms with Gasteiger partial charge in [0.2, 0.25) is 0 Å². The summed E-state index contributed by atoms with van der Waals surface area (Å²) in [6.45, 7) is 1.09. The molecule has 188 valence electrons. The van der Waals surface area contributed by atoms with Gasteiger partial charge in [0.15, 0.2) is 0 Å². The Labute approximate surface area is 216 Å². The summed E-state index contributed by atoms with van der Waals surface area (Å²) in [6.07, 6.45) is 2.56. The van der Waals surface area contributed by atoms with Crippen LogP contribution in [0.4, 0.5) is 4.79 Å². The van der Waals surface area contributed by atoms with Gasteiger partial charge in [0.05, 0.1) is 30.9 Å². The van der Waals surface area contributed by atoms with Crippen LogP contribution in [0.5, 0.6) is 0 Å². The van der Waals surface area contributed by atoms with Crippen LogP contribution in [0.25, 0.3) is 22.0 Å². The summed E-state index contributed by atoms with van der Waals surface area (Å²) < 4.78 is 13.9. The molecule has 2 fully saturated rings. The van der Waals surface area contributed by atoms with Crippen molar-refractivity contribution in [2.45, 2.75) is 36.4 Å². The number of nitrogens with zero attached hydrogens (tertiary/aromatic N) is 2. The number of fused-ring (bicyclic) bond motifs is 6. The number of hydrogen-bond donors (Lipinski definition) is 1. The van der Waals surface area contributed by atoms with E-state index in [1.165, 1.54) is 22.3 Å². The molecule has 37 heavy (non-hydrogen) atoms. The minimum Gasteiger partial charge on any atom is -0.448 e. The van der Waals surface area contributed by atoms with Crippen molar-refractivity contribution in [1.82, 2.24) is 9.47 Å². The number of rotatable bonds is 3. The SMILES string of the molecule is Cn1ccc2cc(C3(O)CC4COCC(C3)N4C(=O)OCC3c4ccccc4-c4ccccc43)ccc21. The molecule has 1 aromatic heterocycles. The molecule has 3 aromatic carbocycles. The van der Waals surface area contributed by atoms with Crippen molar-refractivity contribution in [3.8, 4) is 11.1 Å². The van der Waals surface area contributed by atoms with Crippen LogP contribution in [-0.4, -0.2) is 52.6 Å². The van der Waals surface area contributed by atoms with Gasteiger partial charge in [-0.05, 0) is 51.4 Å². The highest BCUT2D eigenvalue weighted by atomic mass is 16.6. The number of morpholine rings is 1. The molecule has 0 spiro atoms. The summed E-state index contributed by atoms with van der Waals surface area (Å²) >= 11 is 0. The van der Waals surface area contributed by atoms with Crippen molar-refractivity contribution >= 4 is 17.0 Å². The predicted molar refractivity (Wildman–Crippen MR) is 141 cm³/mol. The zero-order chi connectivity index (χ0) is 25.1. The third-order valence-corrected chi connectivity index (χ3v) is 8.52. The topological polar surface area (TPSA) is 63.9 Å². The molecule has 7 rings (SSSR count). The van der Waals surface area contributed by atoms with E-state index >= 15 is 0 Å². The van der Waals surface area contributed by atoms with Gasteiger partial charge in [0.25, 0.3) is 0 Å². The van der Waals surface area contributed by atoms with Gasteiger partial charge >= 0.3 is 6.09 Å². The maximum Gasteiger partial charge on any atom is 0.410 e. The maximum absolute atomic E-state index is 13.5.